The Morgan fingerprint density at radius 2 is 2.15 bits per heavy atom. The Hall–Kier alpha value is -0.840. The molecule has 110 valence electrons. The summed E-state index contributed by atoms with van der Waals surface area (Å²) < 4.78 is 0. The molecule has 4 nitrogen and oxygen atoms in total. The smallest absolute Gasteiger partial charge is 0.147 e. The Kier molecular flexibility index (Phi) is 4.44. The van der Waals surface area contributed by atoms with Gasteiger partial charge in [0.25, 0.3) is 0 Å². The molecule has 20 heavy (non-hydrogen) atoms. The summed E-state index contributed by atoms with van der Waals surface area (Å²) in [5.74, 6) is 0.942. The van der Waals surface area contributed by atoms with Crippen LogP contribution < -0.4 is 10.2 Å². The van der Waals surface area contributed by atoms with E-state index in [1.54, 1.807) is 0 Å². The minimum absolute atomic E-state index is 0.717. The highest BCUT2D eigenvalue weighted by molar-refractivity contribution is 6.33. The molecule has 1 aliphatic carbocycles. The fourth-order valence-electron chi connectivity index (χ4n) is 2.61. The maximum Gasteiger partial charge on any atom is 0.147 e. The van der Waals surface area contributed by atoms with Crippen molar-refractivity contribution >= 4 is 17.4 Å². The van der Waals surface area contributed by atoms with E-state index in [9.17, 15) is 0 Å². The largest absolute Gasteiger partial charge is 0.354 e. The summed E-state index contributed by atoms with van der Waals surface area (Å²) in [6.07, 6.45) is 5.74. The van der Waals surface area contributed by atoms with E-state index in [4.69, 9.17) is 11.6 Å². The van der Waals surface area contributed by atoms with Crippen LogP contribution >= 0.6 is 11.6 Å². The molecule has 1 aromatic rings. The summed E-state index contributed by atoms with van der Waals surface area (Å²) >= 11 is 6.44. The molecule has 2 heterocycles. The highest BCUT2D eigenvalue weighted by atomic mass is 35.5. The zero-order chi connectivity index (χ0) is 13.9. The summed E-state index contributed by atoms with van der Waals surface area (Å²) in [5.41, 5.74) is 1.18. The molecule has 0 radical (unpaired) electrons. The van der Waals surface area contributed by atoms with Crippen LogP contribution in [0.1, 0.15) is 24.8 Å². The number of rotatable bonds is 4. The first-order chi connectivity index (χ1) is 9.72. The molecule has 0 atom stereocenters. The Morgan fingerprint density at radius 1 is 1.30 bits per heavy atom. The van der Waals surface area contributed by atoms with Gasteiger partial charge in [-0.2, -0.15) is 0 Å². The second-order valence-electron chi connectivity index (χ2n) is 5.95. The van der Waals surface area contributed by atoms with Crippen LogP contribution in [0.3, 0.4) is 0 Å². The minimum Gasteiger partial charge on any atom is -0.354 e. The van der Waals surface area contributed by atoms with Crippen molar-refractivity contribution in [3.63, 3.8) is 0 Å². The third-order valence-electron chi connectivity index (χ3n) is 4.07. The lowest BCUT2D eigenvalue weighted by Crippen LogP contribution is -2.29. The van der Waals surface area contributed by atoms with E-state index >= 15 is 0 Å². The molecule has 0 amide bonds. The molecular formula is C15H23ClN4. The molecule has 1 aliphatic heterocycles. The normalized spacial score (nSPS) is 21.0. The van der Waals surface area contributed by atoms with Gasteiger partial charge in [-0.25, -0.2) is 4.98 Å². The number of nitrogens with zero attached hydrogens (tertiary/aromatic N) is 3. The fraction of sp³-hybridized carbons (Fsp3) is 0.667. The van der Waals surface area contributed by atoms with E-state index in [1.807, 2.05) is 6.20 Å². The number of hydrogen-bond donors (Lipinski definition) is 1. The maximum atomic E-state index is 6.44. The van der Waals surface area contributed by atoms with Crippen molar-refractivity contribution in [2.45, 2.75) is 31.8 Å². The zero-order valence-electron chi connectivity index (χ0n) is 12.1. The highest BCUT2D eigenvalue weighted by Gasteiger charge is 2.20. The molecule has 1 N–H and O–H groups in total. The number of likely N-dealkylation sites (N-methyl/N-ethyl adjacent to an activating group) is 1. The quantitative estimate of drug-likeness (QED) is 0.922. The minimum atomic E-state index is 0.717. The van der Waals surface area contributed by atoms with Crippen LogP contribution in [0.15, 0.2) is 12.3 Å². The number of anilines is 1. The Morgan fingerprint density at radius 3 is 2.90 bits per heavy atom. The van der Waals surface area contributed by atoms with Gasteiger partial charge in [-0.1, -0.05) is 11.6 Å². The Labute approximate surface area is 126 Å². The number of hydrogen-bond acceptors (Lipinski definition) is 4. The average molecular weight is 295 g/mol. The molecule has 1 saturated heterocycles. The van der Waals surface area contributed by atoms with Crippen LogP contribution in [0.25, 0.3) is 0 Å². The van der Waals surface area contributed by atoms with Crippen molar-refractivity contribution in [1.29, 1.82) is 0 Å². The first-order valence-electron chi connectivity index (χ1n) is 7.53. The Balaban J connectivity index is 1.66. The molecule has 0 unspecified atom stereocenters. The van der Waals surface area contributed by atoms with Crippen molar-refractivity contribution in [1.82, 2.24) is 15.2 Å². The fourth-order valence-corrected chi connectivity index (χ4v) is 2.92. The molecule has 0 spiro atoms. The van der Waals surface area contributed by atoms with Gasteiger partial charge >= 0.3 is 0 Å². The van der Waals surface area contributed by atoms with Crippen LogP contribution in [0.2, 0.25) is 5.02 Å². The molecule has 1 saturated carbocycles. The van der Waals surface area contributed by atoms with E-state index in [0.29, 0.717) is 0 Å². The van der Waals surface area contributed by atoms with Gasteiger partial charge in [-0.3, -0.25) is 0 Å². The van der Waals surface area contributed by atoms with Gasteiger partial charge in [0.15, 0.2) is 0 Å². The first kappa shape index (κ1) is 14.1. The highest BCUT2D eigenvalue weighted by Crippen LogP contribution is 2.26. The van der Waals surface area contributed by atoms with E-state index in [0.717, 1.165) is 49.6 Å². The van der Waals surface area contributed by atoms with Crippen molar-refractivity contribution in [3.05, 3.63) is 22.8 Å². The zero-order valence-corrected chi connectivity index (χ0v) is 12.9. The van der Waals surface area contributed by atoms with Gasteiger partial charge in [0, 0.05) is 38.4 Å². The van der Waals surface area contributed by atoms with Crippen LogP contribution in [-0.4, -0.2) is 49.2 Å². The molecule has 2 aliphatic rings. The lowest BCUT2D eigenvalue weighted by molar-refractivity contribution is 0.360. The number of nitrogens with one attached hydrogen (secondary N) is 1. The molecule has 3 rings (SSSR count). The van der Waals surface area contributed by atoms with Gasteiger partial charge in [-0.05, 0) is 44.5 Å². The third kappa shape index (κ3) is 3.62. The predicted molar refractivity (Wildman–Crippen MR) is 83.4 cm³/mol. The molecular weight excluding hydrogens is 272 g/mol. The van der Waals surface area contributed by atoms with Gasteiger partial charge in [0.2, 0.25) is 0 Å². The first-order valence-corrected chi connectivity index (χ1v) is 7.91. The van der Waals surface area contributed by atoms with Crippen LogP contribution in [-0.2, 0) is 6.54 Å². The standard InChI is InChI=1S/C15H23ClN4/c1-19-5-2-6-20(8-7-19)15-14(16)9-12(11-18-15)10-17-13-3-4-13/h9,11,13,17H,2-8,10H2,1H3. The molecule has 5 heteroatoms. The topological polar surface area (TPSA) is 31.4 Å². The summed E-state index contributed by atoms with van der Waals surface area (Å²) in [6.45, 7) is 5.14. The maximum absolute atomic E-state index is 6.44. The van der Waals surface area contributed by atoms with Gasteiger partial charge in [-0.15, -0.1) is 0 Å². The van der Waals surface area contributed by atoms with E-state index in [1.165, 1.54) is 24.8 Å². The molecule has 1 aromatic heterocycles. The molecule has 2 fully saturated rings. The summed E-state index contributed by atoms with van der Waals surface area (Å²) in [6, 6.07) is 2.78. The van der Waals surface area contributed by atoms with E-state index in [-0.39, 0.29) is 0 Å². The summed E-state index contributed by atoms with van der Waals surface area (Å²) in [4.78, 5) is 9.27. The molecule has 0 aromatic carbocycles. The predicted octanol–water partition coefficient (Wildman–Crippen LogP) is 2.13. The van der Waals surface area contributed by atoms with Crippen molar-refractivity contribution in [3.8, 4) is 0 Å². The lowest BCUT2D eigenvalue weighted by atomic mass is 10.2. The number of halogens is 1. The third-order valence-corrected chi connectivity index (χ3v) is 4.35. The summed E-state index contributed by atoms with van der Waals surface area (Å²) in [7, 11) is 2.17. The monoisotopic (exact) mass is 294 g/mol. The van der Waals surface area contributed by atoms with E-state index in [2.05, 4.69) is 33.2 Å². The van der Waals surface area contributed by atoms with Gasteiger partial charge < -0.3 is 15.1 Å². The van der Waals surface area contributed by atoms with Crippen LogP contribution in [0.5, 0.6) is 0 Å². The Bertz CT molecular complexity index is 461. The number of pyridine rings is 1. The van der Waals surface area contributed by atoms with E-state index < -0.39 is 0 Å². The summed E-state index contributed by atoms with van der Waals surface area (Å²) in [5, 5.41) is 4.28. The van der Waals surface area contributed by atoms with Crippen molar-refractivity contribution < 1.29 is 0 Å². The van der Waals surface area contributed by atoms with Crippen LogP contribution in [0.4, 0.5) is 5.82 Å². The van der Waals surface area contributed by atoms with Crippen molar-refractivity contribution in [2.24, 2.45) is 0 Å². The number of aromatic nitrogens is 1. The van der Waals surface area contributed by atoms with Crippen molar-refractivity contribution in [2.75, 3.05) is 38.1 Å². The SMILES string of the molecule is CN1CCCN(c2ncc(CNC3CC3)cc2Cl)CC1. The second-order valence-corrected chi connectivity index (χ2v) is 6.36. The second kappa shape index (κ2) is 6.29. The van der Waals surface area contributed by atoms with Crippen LogP contribution in [0, 0.1) is 0 Å². The van der Waals surface area contributed by atoms with Gasteiger partial charge in [0.1, 0.15) is 5.82 Å². The molecule has 0 bridgehead atoms. The van der Waals surface area contributed by atoms with Gasteiger partial charge in [0.05, 0.1) is 5.02 Å². The average Bonchev–Trinajstić information content (AvgIpc) is 3.25. The lowest BCUT2D eigenvalue weighted by Gasteiger charge is -2.23.